The number of nitro benzene ring substituents is 1. The van der Waals surface area contributed by atoms with Crippen molar-refractivity contribution in [2.75, 3.05) is 18.5 Å². The minimum Gasteiger partial charge on any atom is -0.490 e. The summed E-state index contributed by atoms with van der Waals surface area (Å²) in [5, 5.41) is 14.3. The van der Waals surface area contributed by atoms with Crippen LogP contribution in [0.5, 0.6) is 5.75 Å². The van der Waals surface area contributed by atoms with Crippen LogP contribution in [0.4, 0.5) is 17.1 Å². The molecule has 24 heavy (non-hydrogen) atoms. The van der Waals surface area contributed by atoms with Gasteiger partial charge in [-0.3, -0.25) is 10.1 Å². The third-order valence-electron chi connectivity index (χ3n) is 3.61. The van der Waals surface area contributed by atoms with Crippen molar-refractivity contribution in [3.8, 4) is 5.75 Å². The Morgan fingerprint density at radius 2 is 2.17 bits per heavy atom. The molecule has 7 heteroatoms. The number of nitrogens with zero attached hydrogens (tertiary/aromatic N) is 2. The van der Waals surface area contributed by atoms with E-state index in [1.807, 2.05) is 30.3 Å². The quantitative estimate of drug-likeness (QED) is 0.517. The summed E-state index contributed by atoms with van der Waals surface area (Å²) >= 11 is 0. The fourth-order valence-electron chi connectivity index (χ4n) is 2.47. The van der Waals surface area contributed by atoms with Crippen molar-refractivity contribution in [2.24, 2.45) is 0 Å². The number of hydrogen-bond donors (Lipinski definition) is 1. The summed E-state index contributed by atoms with van der Waals surface area (Å²) in [4.78, 5) is 13.9. The molecule has 0 aliphatic carbocycles. The van der Waals surface area contributed by atoms with Crippen molar-refractivity contribution in [3.63, 3.8) is 0 Å². The third kappa shape index (κ3) is 3.45. The molecule has 0 radical (unpaired) electrons. The van der Waals surface area contributed by atoms with Gasteiger partial charge >= 0.3 is 0 Å². The zero-order valence-corrected chi connectivity index (χ0v) is 12.8. The van der Waals surface area contributed by atoms with E-state index in [1.54, 1.807) is 0 Å². The molecule has 0 amide bonds. The Bertz CT molecular complexity index is 786. The lowest BCUT2D eigenvalue weighted by atomic mass is 10.1. The molecule has 0 saturated carbocycles. The van der Waals surface area contributed by atoms with Gasteiger partial charge < -0.3 is 14.8 Å². The van der Waals surface area contributed by atoms with Crippen molar-refractivity contribution in [3.05, 3.63) is 69.6 Å². The first-order valence-electron chi connectivity index (χ1n) is 7.38. The van der Waals surface area contributed by atoms with Gasteiger partial charge in [-0.15, -0.1) is 0 Å². The summed E-state index contributed by atoms with van der Waals surface area (Å²) in [5.41, 5.74) is 1.38. The predicted molar refractivity (Wildman–Crippen MR) is 88.4 cm³/mol. The average molecular weight is 325 g/mol. The minimum atomic E-state index is -0.517. The molecule has 0 saturated heterocycles. The monoisotopic (exact) mass is 325 g/mol. The standard InChI is InChI=1S/C17H15N3O4/c1-18-13-7-15(20(21)22)17-16(8-13)24-11-14(19-17)10-23-9-12-5-3-2-4-6-12/h2-8,14,19H,9-11H2/t14-/m0/s1. The van der Waals surface area contributed by atoms with E-state index >= 15 is 0 Å². The molecular formula is C17H15N3O4. The van der Waals surface area contributed by atoms with E-state index in [1.165, 1.54) is 12.1 Å². The maximum Gasteiger partial charge on any atom is 0.286 e. The van der Waals surface area contributed by atoms with Gasteiger partial charge in [-0.1, -0.05) is 30.3 Å². The molecule has 1 heterocycles. The number of nitro groups is 1. The molecule has 0 fully saturated rings. The van der Waals surface area contributed by atoms with E-state index in [-0.39, 0.29) is 17.4 Å². The van der Waals surface area contributed by atoms with Gasteiger partial charge in [0.05, 0.1) is 30.8 Å². The molecule has 122 valence electrons. The Morgan fingerprint density at radius 3 is 2.88 bits per heavy atom. The first-order valence-corrected chi connectivity index (χ1v) is 7.38. The average Bonchev–Trinajstić information content (AvgIpc) is 2.61. The highest BCUT2D eigenvalue weighted by Crippen LogP contribution is 2.41. The molecule has 7 nitrogen and oxygen atoms in total. The molecule has 1 aliphatic rings. The fourth-order valence-corrected chi connectivity index (χ4v) is 2.47. The van der Waals surface area contributed by atoms with Gasteiger partial charge in [-0.05, 0) is 11.6 Å². The maximum atomic E-state index is 11.2. The molecule has 2 aromatic carbocycles. The number of benzene rings is 2. The maximum absolute atomic E-state index is 11.2. The van der Waals surface area contributed by atoms with Crippen molar-refractivity contribution in [2.45, 2.75) is 12.6 Å². The van der Waals surface area contributed by atoms with E-state index in [4.69, 9.17) is 16.0 Å². The summed E-state index contributed by atoms with van der Waals surface area (Å²) in [5.74, 6) is 0.328. The summed E-state index contributed by atoms with van der Waals surface area (Å²) in [7, 11) is 0. The van der Waals surface area contributed by atoms with Crippen LogP contribution >= 0.6 is 0 Å². The molecule has 2 aromatic rings. The lowest BCUT2D eigenvalue weighted by Gasteiger charge is -2.27. The second-order valence-electron chi connectivity index (χ2n) is 5.36. The van der Waals surface area contributed by atoms with Crippen LogP contribution in [0.25, 0.3) is 4.85 Å². The summed E-state index contributed by atoms with van der Waals surface area (Å²) in [6.07, 6.45) is 0. The van der Waals surface area contributed by atoms with Gasteiger partial charge in [0.15, 0.2) is 11.4 Å². The van der Waals surface area contributed by atoms with Gasteiger partial charge in [0.1, 0.15) is 12.4 Å². The highest BCUT2D eigenvalue weighted by molar-refractivity contribution is 5.77. The Hall–Kier alpha value is -3.11. The number of rotatable bonds is 5. The molecule has 1 atom stereocenters. The van der Waals surface area contributed by atoms with Crippen LogP contribution in [0.15, 0.2) is 42.5 Å². The minimum absolute atomic E-state index is 0.161. The van der Waals surface area contributed by atoms with Gasteiger partial charge in [0, 0.05) is 6.07 Å². The zero-order chi connectivity index (χ0) is 16.9. The van der Waals surface area contributed by atoms with E-state index < -0.39 is 4.92 Å². The largest absolute Gasteiger partial charge is 0.490 e. The van der Waals surface area contributed by atoms with Crippen molar-refractivity contribution in [1.29, 1.82) is 0 Å². The van der Waals surface area contributed by atoms with Crippen molar-refractivity contribution >= 4 is 17.1 Å². The third-order valence-corrected chi connectivity index (χ3v) is 3.61. The zero-order valence-electron chi connectivity index (χ0n) is 12.8. The second kappa shape index (κ2) is 6.98. The summed E-state index contributed by atoms with van der Waals surface area (Å²) in [6.45, 7) is 8.16. The van der Waals surface area contributed by atoms with Crippen LogP contribution < -0.4 is 10.1 Å². The highest BCUT2D eigenvalue weighted by atomic mass is 16.6. The van der Waals surface area contributed by atoms with Crippen molar-refractivity contribution in [1.82, 2.24) is 0 Å². The van der Waals surface area contributed by atoms with Crippen molar-refractivity contribution < 1.29 is 14.4 Å². The lowest BCUT2D eigenvalue weighted by molar-refractivity contribution is -0.384. The SMILES string of the molecule is [C-]#[N+]c1cc2c(c([N+](=O)[O-])c1)N[C@@H](COCc1ccccc1)CO2. The normalized spacial score (nSPS) is 15.5. The molecule has 1 aliphatic heterocycles. The number of ether oxygens (including phenoxy) is 2. The van der Waals surface area contributed by atoms with E-state index in [2.05, 4.69) is 10.2 Å². The Balaban J connectivity index is 1.68. The van der Waals surface area contributed by atoms with E-state index in [9.17, 15) is 10.1 Å². The number of anilines is 1. The number of hydrogen-bond acceptors (Lipinski definition) is 5. The first-order chi connectivity index (χ1) is 11.7. The Morgan fingerprint density at radius 1 is 1.38 bits per heavy atom. The van der Waals surface area contributed by atoms with Crippen LogP contribution in [-0.2, 0) is 11.3 Å². The topological polar surface area (TPSA) is 78.0 Å². The van der Waals surface area contributed by atoms with Crippen LogP contribution in [-0.4, -0.2) is 24.2 Å². The predicted octanol–water partition coefficient (Wildman–Crippen LogP) is 3.54. The smallest absolute Gasteiger partial charge is 0.286 e. The van der Waals surface area contributed by atoms with Gasteiger partial charge in [0.25, 0.3) is 5.69 Å². The second-order valence-corrected chi connectivity index (χ2v) is 5.36. The van der Waals surface area contributed by atoms with E-state index in [0.29, 0.717) is 31.3 Å². The summed E-state index contributed by atoms with van der Waals surface area (Å²) in [6, 6.07) is 12.3. The number of fused-ring (bicyclic) bond motifs is 1. The highest BCUT2D eigenvalue weighted by Gasteiger charge is 2.27. The van der Waals surface area contributed by atoms with Crippen LogP contribution in [0, 0.1) is 16.7 Å². The molecule has 0 aromatic heterocycles. The van der Waals surface area contributed by atoms with Gasteiger partial charge in [-0.2, -0.15) is 0 Å². The lowest BCUT2D eigenvalue weighted by Crippen LogP contribution is -2.35. The summed E-state index contributed by atoms with van der Waals surface area (Å²) < 4.78 is 11.2. The molecule has 0 unspecified atom stereocenters. The van der Waals surface area contributed by atoms with Crippen LogP contribution in [0.1, 0.15) is 5.56 Å². The van der Waals surface area contributed by atoms with Gasteiger partial charge in [-0.25, -0.2) is 4.85 Å². The van der Waals surface area contributed by atoms with Gasteiger partial charge in [0.2, 0.25) is 0 Å². The Labute approximate surface area is 138 Å². The van der Waals surface area contributed by atoms with Crippen LogP contribution in [0.3, 0.4) is 0 Å². The molecule has 0 spiro atoms. The molecule has 3 rings (SSSR count). The molecule has 1 N–H and O–H groups in total. The van der Waals surface area contributed by atoms with Crippen LogP contribution in [0.2, 0.25) is 0 Å². The van der Waals surface area contributed by atoms with E-state index in [0.717, 1.165) is 5.56 Å². The Kier molecular flexibility index (Phi) is 4.59. The molecular weight excluding hydrogens is 310 g/mol. The molecule has 0 bridgehead atoms. The first kappa shape index (κ1) is 15.8. The fraction of sp³-hybridized carbons (Fsp3) is 0.235. The number of nitrogens with one attached hydrogen (secondary N) is 1.